The van der Waals surface area contributed by atoms with Crippen molar-refractivity contribution >= 4 is 17.6 Å². The zero-order valence-corrected chi connectivity index (χ0v) is 17.0. The summed E-state index contributed by atoms with van der Waals surface area (Å²) in [5, 5.41) is 33.6. The van der Waals surface area contributed by atoms with Crippen molar-refractivity contribution in [1.29, 1.82) is 0 Å². The number of aliphatic hydroxyl groups excluding tert-OH is 3. The molecule has 1 unspecified atom stereocenters. The van der Waals surface area contributed by atoms with Gasteiger partial charge in [-0.05, 0) is 12.5 Å². The van der Waals surface area contributed by atoms with E-state index in [4.69, 9.17) is 9.84 Å². The molecule has 0 aliphatic heterocycles. The van der Waals surface area contributed by atoms with E-state index in [1.165, 1.54) is 13.8 Å². The summed E-state index contributed by atoms with van der Waals surface area (Å²) >= 11 is 0. The molecule has 162 valence electrons. The van der Waals surface area contributed by atoms with Crippen LogP contribution in [0.4, 0.5) is 0 Å². The van der Waals surface area contributed by atoms with Gasteiger partial charge in [-0.1, -0.05) is 38.1 Å². The van der Waals surface area contributed by atoms with Crippen molar-refractivity contribution in [2.24, 2.45) is 5.41 Å². The second-order valence-corrected chi connectivity index (χ2v) is 7.25. The molecule has 0 spiro atoms. The van der Waals surface area contributed by atoms with E-state index >= 15 is 0 Å². The average Bonchev–Trinajstić information content (AvgIpc) is 2.71. The van der Waals surface area contributed by atoms with Gasteiger partial charge >= 0.3 is 0 Å². The largest absolute Gasteiger partial charge is 0.396 e. The maximum Gasteiger partial charge on any atom is 0.287 e. The van der Waals surface area contributed by atoms with Crippen LogP contribution in [0.25, 0.3) is 0 Å². The zero-order chi connectivity index (χ0) is 22.0. The summed E-state index contributed by atoms with van der Waals surface area (Å²) < 4.78 is 5.07. The lowest BCUT2D eigenvalue weighted by Gasteiger charge is -2.27. The van der Waals surface area contributed by atoms with Crippen molar-refractivity contribution < 1.29 is 34.4 Å². The molecular formula is C20H30N2O7. The summed E-state index contributed by atoms with van der Waals surface area (Å²) in [7, 11) is 0. The smallest absolute Gasteiger partial charge is 0.287 e. The molecule has 1 aromatic rings. The van der Waals surface area contributed by atoms with Crippen molar-refractivity contribution in [2.75, 3.05) is 19.8 Å². The Morgan fingerprint density at radius 1 is 1.10 bits per heavy atom. The van der Waals surface area contributed by atoms with Gasteiger partial charge in [-0.2, -0.15) is 0 Å². The average molecular weight is 410 g/mol. The van der Waals surface area contributed by atoms with Crippen LogP contribution in [0.2, 0.25) is 0 Å². The van der Waals surface area contributed by atoms with Crippen LogP contribution in [0.3, 0.4) is 0 Å². The number of carbonyl (C=O) groups is 3. The van der Waals surface area contributed by atoms with E-state index in [0.29, 0.717) is 12.2 Å². The third-order valence-corrected chi connectivity index (χ3v) is 4.34. The highest BCUT2D eigenvalue weighted by Gasteiger charge is 2.32. The third-order valence-electron chi connectivity index (χ3n) is 4.34. The highest BCUT2D eigenvalue weighted by Crippen LogP contribution is 2.19. The van der Waals surface area contributed by atoms with Crippen LogP contribution in [0.1, 0.15) is 44.6 Å². The van der Waals surface area contributed by atoms with E-state index in [2.05, 4.69) is 10.6 Å². The number of ketones is 1. The summed E-state index contributed by atoms with van der Waals surface area (Å²) in [5.74, 6) is -2.20. The molecule has 0 saturated heterocycles. The first-order chi connectivity index (χ1) is 13.6. The topological polar surface area (TPSA) is 145 Å². The Bertz CT molecular complexity index is 689. The fourth-order valence-corrected chi connectivity index (χ4v) is 2.29. The third kappa shape index (κ3) is 7.90. The van der Waals surface area contributed by atoms with Crippen LogP contribution in [0.15, 0.2) is 24.3 Å². The van der Waals surface area contributed by atoms with Crippen molar-refractivity contribution in [1.82, 2.24) is 10.6 Å². The molecule has 0 heterocycles. The Morgan fingerprint density at radius 3 is 2.28 bits per heavy atom. The van der Waals surface area contributed by atoms with Gasteiger partial charge in [0.25, 0.3) is 5.91 Å². The highest BCUT2D eigenvalue weighted by molar-refractivity contribution is 6.36. The van der Waals surface area contributed by atoms with Crippen molar-refractivity contribution in [3.63, 3.8) is 0 Å². The van der Waals surface area contributed by atoms with Gasteiger partial charge in [0.05, 0.1) is 6.61 Å². The minimum Gasteiger partial charge on any atom is -0.396 e. The molecule has 29 heavy (non-hydrogen) atoms. The van der Waals surface area contributed by atoms with Crippen LogP contribution < -0.4 is 10.6 Å². The lowest BCUT2D eigenvalue weighted by atomic mass is 9.87. The standard InChI is InChI=1S/C20H30N2O7/c1-4-29-19(28)14-7-5-13(6-8-14)11-22-17(26)15(24)9-10-21-18(27)16(25)20(2,3)12-23/h5-8,16,19,23,25,28H,4,9-12H2,1-3H3,(H,21,27)(H,22,26)/t16-,19?/m0/s1. The molecule has 5 N–H and O–H groups in total. The Balaban J connectivity index is 2.39. The van der Waals surface area contributed by atoms with Crippen molar-refractivity contribution in [3.05, 3.63) is 35.4 Å². The molecule has 0 radical (unpaired) electrons. The number of amides is 2. The van der Waals surface area contributed by atoms with Gasteiger partial charge in [-0.25, -0.2) is 0 Å². The number of Topliss-reactive ketones (excluding diaryl/α,β-unsaturated/α-hetero) is 1. The van der Waals surface area contributed by atoms with E-state index in [9.17, 15) is 24.6 Å². The molecule has 1 rings (SSSR count). The van der Waals surface area contributed by atoms with Crippen molar-refractivity contribution in [3.8, 4) is 0 Å². The number of rotatable bonds is 12. The monoisotopic (exact) mass is 410 g/mol. The SMILES string of the molecule is CCOC(O)c1ccc(CNC(=O)C(=O)CCNC(=O)[C@H](O)C(C)(C)CO)cc1. The first-order valence-corrected chi connectivity index (χ1v) is 9.38. The van der Waals surface area contributed by atoms with E-state index in [0.717, 1.165) is 5.56 Å². The van der Waals surface area contributed by atoms with Gasteiger partial charge in [-0.3, -0.25) is 14.4 Å². The number of benzene rings is 1. The van der Waals surface area contributed by atoms with Crippen LogP contribution in [0.5, 0.6) is 0 Å². The second kappa shape index (κ2) is 11.6. The summed E-state index contributed by atoms with van der Waals surface area (Å²) in [5.41, 5.74) is 0.307. The molecule has 0 aromatic heterocycles. The molecular weight excluding hydrogens is 380 g/mol. The molecule has 0 fully saturated rings. The molecule has 1 aromatic carbocycles. The molecule has 9 heteroatoms. The highest BCUT2D eigenvalue weighted by atomic mass is 16.6. The molecule has 2 amide bonds. The molecule has 2 atom stereocenters. The normalized spacial score (nSPS) is 13.4. The van der Waals surface area contributed by atoms with Crippen LogP contribution >= 0.6 is 0 Å². The minimum absolute atomic E-state index is 0.104. The Hall–Kier alpha value is -2.33. The second-order valence-electron chi connectivity index (χ2n) is 7.25. The number of nitrogens with one attached hydrogen (secondary N) is 2. The molecule has 0 aliphatic carbocycles. The maximum absolute atomic E-state index is 11.9. The fourth-order valence-electron chi connectivity index (χ4n) is 2.29. The molecule has 0 saturated carbocycles. The lowest BCUT2D eigenvalue weighted by Crippen LogP contribution is -2.46. The summed E-state index contributed by atoms with van der Waals surface area (Å²) in [6.07, 6.45) is -2.66. The molecule has 9 nitrogen and oxygen atoms in total. The predicted molar refractivity (Wildman–Crippen MR) is 104 cm³/mol. The first-order valence-electron chi connectivity index (χ1n) is 9.38. The summed E-state index contributed by atoms with van der Waals surface area (Å²) in [4.78, 5) is 35.6. The first kappa shape index (κ1) is 24.7. The quantitative estimate of drug-likeness (QED) is 0.237. The summed E-state index contributed by atoms with van der Waals surface area (Å²) in [6, 6.07) is 6.73. The fraction of sp³-hybridized carbons (Fsp3) is 0.550. The molecule has 0 bridgehead atoms. The van der Waals surface area contributed by atoms with Gasteiger partial charge < -0.3 is 30.7 Å². The lowest BCUT2D eigenvalue weighted by molar-refractivity contribution is -0.139. The molecule has 0 aliphatic rings. The van der Waals surface area contributed by atoms with Crippen molar-refractivity contribution in [2.45, 2.75) is 46.1 Å². The number of carbonyl (C=O) groups excluding carboxylic acids is 3. The summed E-state index contributed by atoms with van der Waals surface area (Å²) in [6.45, 7) is 4.85. The number of hydrogen-bond acceptors (Lipinski definition) is 7. The van der Waals surface area contributed by atoms with Gasteiger partial charge in [0.15, 0.2) is 6.29 Å². The van der Waals surface area contributed by atoms with Gasteiger partial charge in [0.2, 0.25) is 11.7 Å². The maximum atomic E-state index is 11.9. The van der Waals surface area contributed by atoms with E-state index in [1.54, 1.807) is 31.2 Å². The predicted octanol–water partition coefficient (Wildman–Crippen LogP) is -0.215. The van der Waals surface area contributed by atoms with E-state index < -0.39 is 35.4 Å². The van der Waals surface area contributed by atoms with Gasteiger partial charge in [0, 0.05) is 37.1 Å². The van der Waals surface area contributed by atoms with E-state index in [1.807, 2.05) is 0 Å². The van der Waals surface area contributed by atoms with Crippen LogP contribution in [0, 0.1) is 5.41 Å². The number of aliphatic hydroxyl groups is 3. The van der Waals surface area contributed by atoms with Gasteiger partial charge in [-0.15, -0.1) is 0 Å². The number of ether oxygens (including phenoxy) is 1. The Labute approximate surface area is 170 Å². The number of hydrogen-bond donors (Lipinski definition) is 5. The zero-order valence-electron chi connectivity index (χ0n) is 17.0. The Kier molecular flexibility index (Phi) is 9.90. The van der Waals surface area contributed by atoms with Crippen LogP contribution in [-0.4, -0.2) is 58.8 Å². The van der Waals surface area contributed by atoms with Gasteiger partial charge in [0.1, 0.15) is 6.10 Å². The minimum atomic E-state index is -1.43. The van der Waals surface area contributed by atoms with E-state index in [-0.39, 0.29) is 26.1 Å². The Morgan fingerprint density at radius 2 is 1.72 bits per heavy atom. The van der Waals surface area contributed by atoms with Crippen LogP contribution in [-0.2, 0) is 25.7 Å².